The van der Waals surface area contributed by atoms with Gasteiger partial charge < -0.3 is 24.7 Å². The molecule has 1 aromatic heterocycles. The smallest absolute Gasteiger partial charge is 0.387 e. The molecule has 23 heavy (non-hydrogen) atoms. The quantitative estimate of drug-likeness (QED) is 0.271. The summed E-state index contributed by atoms with van der Waals surface area (Å²) in [5.74, 6) is 0. The Hall–Kier alpha value is -1.66. The number of aliphatic hydroxyl groups is 2. The Bertz CT molecular complexity index is 751. The summed E-state index contributed by atoms with van der Waals surface area (Å²) in [5, 5.41) is 19.7. The van der Waals surface area contributed by atoms with Gasteiger partial charge in [-0.3, -0.25) is 23.7 Å². The molecule has 2 unspecified atom stereocenters. The van der Waals surface area contributed by atoms with Gasteiger partial charge in [0.05, 0.1) is 12.3 Å². The molecule has 0 bridgehead atoms. The number of nitrogens with one attached hydrogen (secondary N) is 1. The third kappa shape index (κ3) is 3.82. The number of aromatic nitrogens is 2. The van der Waals surface area contributed by atoms with Crippen LogP contribution in [0.25, 0.3) is 0 Å². The number of hydrogen-bond acceptors (Lipinski definition) is 8. The van der Waals surface area contributed by atoms with Crippen molar-refractivity contribution < 1.29 is 38.6 Å². The number of aromatic amines is 1. The third-order valence-corrected chi connectivity index (χ3v) is 3.61. The van der Waals surface area contributed by atoms with Gasteiger partial charge in [0.15, 0.2) is 12.5 Å². The van der Waals surface area contributed by atoms with E-state index < -0.39 is 55.9 Å². The summed E-state index contributed by atoms with van der Waals surface area (Å²) in [5.41, 5.74) is -2.32. The first-order chi connectivity index (χ1) is 10.6. The predicted octanol–water partition coefficient (Wildman–Crippen LogP) is -2.92. The molecule has 1 saturated heterocycles. The van der Waals surface area contributed by atoms with Crippen molar-refractivity contribution in [1.82, 2.24) is 9.55 Å². The van der Waals surface area contributed by atoms with Crippen molar-refractivity contribution in [3.63, 3.8) is 0 Å². The van der Waals surface area contributed by atoms with Crippen molar-refractivity contribution >= 4 is 14.1 Å². The fourth-order valence-electron chi connectivity index (χ4n) is 2.13. The lowest BCUT2D eigenvalue weighted by Crippen LogP contribution is -2.39. The molecule has 13 heteroatoms. The average Bonchev–Trinajstić information content (AvgIpc) is 2.71. The average molecular weight is 352 g/mol. The van der Waals surface area contributed by atoms with Crippen molar-refractivity contribution in [2.75, 3.05) is 6.61 Å². The first-order valence-corrected chi connectivity index (χ1v) is 7.70. The Morgan fingerprint density at radius 3 is 2.57 bits per heavy atom. The van der Waals surface area contributed by atoms with E-state index in [1.54, 1.807) is 0 Å². The van der Waals surface area contributed by atoms with E-state index in [9.17, 15) is 29.2 Å². The lowest BCUT2D eigenvalue weighted by atomic mass is 10.1. The molecular formula is C10H13N2O10P. The maximum absolute atomic E-state index is 11.8. The van der Waals surface area contributed by atoms with Crippen LogP contribution >= 0.6 is 7.82 Å². The van der Waals surface area contributed by atoms with E-state index in [1.165, 1.54) is 0 Å². The first-order valence-electron chi connectivity index (χ1n) is 6.17. The summed E-state index contributed by atoms with van der Waals surface area (Å²) in [7, 11) is -4.83. The van der Waals surface area contributed by atoms with Crippen LogP contribution in [0.15, 0.2) is 15.7 Å². The number of phosphoric ester groups is 1. The van der Waals surface area contributed by atoms with Crippen LogP contribution in [0.4, 0.5) is 0 Å². The van der Waals surface area contributed by atoms with E-state index in [1.807, 2.05) is 4.98 Å². The van der Waals surface area contributed by atoms with Crippen LogP contribution < -0.4 is 11.2 Å². The Kier molecular flexibility index (Phi) is 4.96. The van der Waals surface area contributed by atoms with E-state index in [0.717, 1.165) is 6.07 Å². The number of H-pyrrole nitrogens is 1. The molecule has 1 aliphatic heterocycles. The van der Waals surface area contributed by atoms with Crippen molar-refractivity contribution in [1.29, 1.82) is 0 Å². The Labute approximate surface area is 127 Å². The number of aliphatic hydroxyl groups excluding tert-OH is 2. The molecule has 0 spiro atoms. The van der Waals surface area contributed by atoms with E-state index in [-0.39, 0.29) is 6.29 Å². The normalized spacial score (nSPS) is 28.0. The highest BCUT2D eigenvalue weighted by Crippen LogP contribution is 2.38. The zero-order valence-corrected chi connectivity index (χ0v) is 12.2. The van der Waals surface area contributed by atoms with Gasteiger partial charge in [-0.25, -0.2) is 9.36 Å². The van der Waals surface area contributed by atoms with Gasteiger partial charge in [0.2, 0.25) is 0 Å². The number of ether oxygens (including phenoxy) is 1. The SMILES string of the molecule is O=Cc1cc(=O)[nH]c(=O)n1[C@@H]1O[C@H](COP(=O)(O)O)C(O)C1O. The largest absolute Gasteiger partial charge is 0.469 e. The van der Waals surface area contributed by atoms with Crippen LogP contribution in [-0.4, -0.2) is 60.8 Å². The minimum Gasteiger partial charge on any atom is -0.387 e. The van der Waals surface area contributed by atoms with Gasteiger partial charge in [-0.15, -0.1) is 0 Å². The van der Waals surface area contributed by atoms with Gasteiger partial charge in [-0.05, 0) is 0 Å². The van der Waals surface area contributed by atoms with Crippen molar-refractivity contribution in [2.45, 2.75) is 24.5 Å². The number of hydrogen-bond donors (Lipinski definition) is 5. The van der Waals surface area contributed by atoms with Crippen LogP contribution in [0, 0.1) is 0 Å². The lowest BCUT2D eigenvalue weighted by molar-refractivity contribution is -0.0548. The van der Waals surface area contributed by atoms with Crippen LogP contribution in [0.5, 0.6) is 0 Å². The standard InChI is InChI=1S/C10H13N2O10P/c13-2-4-1-6(14)11-10(17)12(4)9-8(16)7(15)5(22-9)3-21-23(18,19)20/h1-2,5,7-9,15-16H,3H2,(H,11,14,17)(H2,18,19,20)/t5-,7?,8?,9-/m1/s1. The van der Waals surface area contributed by atoms with Crippen LogP contribution in [0.3, 0.4) is 0 Å². The molecule has 0 radical (unpaired) electrons. The molecule has 5 N–H and O–H groups in total. The number of rotatable bonds is 5. The minimum atomic E-state index is -4.83. The van der Waals surface area contributed by atoms with Crippen molar-refractivity contribution in [3.05, 3.63) is 32.6 Å². The molecule has 0 amide bonds. The lowest BCUT2D eigenvalue weighted by Gasteiger charge is -2.18. The molecule has 0 aromatic carbocycles. The topological polar surface area (TPSA) is 188 Å². The maximum Gasteiger partial charge on any atom is 0.469 e. The van der Waals surface area contributed by atoms with Gasteiger partial charge in [0.25, 0.3) is 5.56 Å². The van der Waals surface area contributed by atoms with E-state index >= 15 is 0 Å². The summed E-state index contributed by atoms with van der Waals surface area (Å²) < 4.78 is 20.6. The Morgan fingerprint density at radius 1 is 1.35 bits per heavy atom. The molecule has 128 valence electrons. The highest BCUT2D eigenvalue weighted by atomic mass is 31.2. The third-order valence-electron chi connectivity index (χ3n) is 3.13. The van der Waals surface area contributed by atoms with Gasteiger partial charge in [0.1, 0.15) is 18.3 Å². The molecule has 0 saturated carbocycles. The summed E-state index contributed by atoms with van der Waals surface area (Å²) in [6.45, 7) is -0.770. The molecule has 2 heterocycles. The summed E-state index contributed by atoms with van der Waals surface area (Å²) in [6, 6.07) is 0.788. The Balaban J connectivity index is 2.32. The highest BCUT2D eigenvalue weighted by molar-refractivity contribution is 7.46. The molecule has 1 fully saturated rings. The van der Waals surface area contributed by atoms with Crippen molar-refractivity contribution in [3.8, 4) is 0 Å². The number of carbonyl (C=O) groups excluding carboxylic acids is 1. The fraction of sp³-hybridized carbons (Fsp3) is 0.500. The number of aldehydes is 1. The first kappa shape index (κ1) is 17.7. The van der Waals surface area contributed by atoms with Crippen LogP contribution in [0.1, 0.15) is 16.7 Å². The maximum atomic E-state index is 11.8. The molecule has 2 rings (SSSR count). The number of nitrogens with zero attached hydrogens (tertiary/aromatic N) is 1. The second-order valence-electron chi connectivity index (χ2n) is 4.68. The van der Waals surface area contributed by atoms with Gasteiger partial charge in [0, 0.05) is 6.07 Å². The number of phosphoric acid groups is 1. The van der Waals surface area contributed by atoms with E-state index in [2.05, 4.69) is 4.52 Å². The molecule has 12 nitrogen and oxygen atoms in total. The molecular weight excluding hydrogens is 339 g/mol. The van der Waals surface area contributed by atoms with Crippen LogP contribution in [-0.2, 0) is 13.8 Å². The summed E-state index contributed by atoms with van der Waals surface area (Å²) in [6.07, 6.45) is -6.10. The molecule has 0 aliphatic carbocycles. The monoisotopic (exact) mass is 352 g/mol. The molecule has 1 aromatic rings. The van der Waals surface area contributed by atoms with E-state index in [4.69, 9.17) is 14.5 Å². The highest BCUT2D eigenvalue weighted by Gasteiger charge is 2.45. The predicted molar refractivity (Wildman–Crippen MR) is 70.6 cm³/mol. The summed E-state index contributed by atoms with van der Waals surface area (Å²) >= 11 is 0. The Morgan fingerprint density at radius 2 is 2.00 bits per heavy atom. The van der Waals surface area contributed by atoms with Gasteiger partial charge in [-0.1, -0.05) is 0 Å². The molecule has 1 aliphatic rings. The van der Waals surface area contributed by atoms with Gasteiger partial charge in [-0.2, -0.15) is 0 Å². The van der Waals surface area contributed by atoms with Crippen LogP contribution in [0.2, 0.25) is 0 Å². The van der Waals surface area contributed by atoms with E-state index in [0.29, 0.717) is 4.57 Å². The second-order valence-corrected chi connectivity index (χ2v) is 5.92. The molecule has 4 atom stereocenters. The zero-order valence-electron chi connectivity index (χ0n) is 11.3. The number of carbonyl (C=O) groups is 1. The van der Waals surface area contributed by atoms with Gasteiger partial charge >= 0.3 is 13.5 Å². The summed E-state index contributed by atoms with van der Waals surface area (Å²) in [4.78, 5) is 53.0. The second kappa shape index (κ2) is 6.45. The minimum absolute atomic E-state index is 0.179. The fourth-order valence-corrected chi connectivity index (χ4v) is 2.47. The van der Waals surface area contributed by atoms with Crippen molar-refractivity contribution in [2.24, 2.45) is 0 Å². The zero-order chi connectivity index (χ0) is 17.4.